The predicted octanol–water partition coefficient (Wildman–Crippen LogP) is 3.24. The molecule has 0 unspecified atom stereocenters. The summed E-state index contributed by atoms with van der Waals surface area (Å²) in [6.45, 7) is 4.02. The number of benzene rings is 1. The van der Waals surface area contributed by atoms with Crippen LogP contribution in [0.25, 0.3) is 0 Å². The molecule has 0 bridgehead atoms. The van der Waals surface area contributed by atoms with Gasteiger partial charge in [-0.3, -0.25) is 0 Å². The van der Waals surface area contributed by atoms with E-state index in [0.29, 0.717) is 0 Å². The molecule has 0 aliphatic carbocycles. The van der Waals surface area contributed by atoms with E-state index in [-0.39, 0.29) is 0 Å². The third-order valence-electron chi connectivity index (χ3n) is 2.01. The van der Waals surface area contributed by atoms with Crippen LogP contribution >= 0.6 is 0 Å². The summed E-state index contributed by atoms with van der Waals surface area (Å²) in [5.74, 6) is 0. The fourth-order valence-corrected chi connectivity index (χ4v) is 1.25. The Balaban J connectivity index is 2.28. The molecule has 2 heteroatoms. The SMILES string of the molecule is CC1=C[C](c2ccc(C)cc2)N=N1. The van der Waals surface area contributed by atoms with Crippen LogP contribution in [-0.2, 0) is 0 Å². The minimum absolute atomic E-state index is 0.956. The second kappa shape index (κ2) is 3.13. The van der Waals surface area contributed by atoms with Crippen molar-refractivity contribution in [1.29, 1.82) is 0 Å². The predicted molar refractivity (Wildman–Crippen MR) is 52.1 cm³/mol. The molecule has 0 spiro atoms. The minimum atomic E-state index is 0.956. The van der Waals surface area contributed by atoms with Crippen LogP contribution in [0.4, 0.5) is 0 Å². The van der Waals surface area contributed by atoms with E-state index in [1.54, 1.807) is 0 Å². The maximum atomic E-state index is 4.07. The van der Waals surface area contributed by atoms with Crippen molar-refractivity contribution in [2.45, 2.75) is 13.8 Å². The number of hydrogen-bond acceptors (Lipinski definition) is 2. The Labute approximate surface area is 78.0 Å². The van der Waals surface area contributed by atoms with Crippen molar-refractivity contribution in [2.75, 3.05) is 0 Å². The Morgan fingerprint density at radius 2 is 1.62 bits per heavy atom. The topological polar surface area (TPSA) is 24.7 Å². The van der Waals surface area contributed by atoms with Gasteiger partial charge in [-0.05, 0) is 25.5 Å². The molecule has 1 aromatic rings. The quantitative estimate of drug-likeness (QED) is 0.619. The fourth-order valence-electron chi connectivity index (χ4n) is 1.25. The van der Waals surface area contributed by atoms with Gasteiger partial charge < -0.3 is 0 Å². The maximum absolute atomic E-state index is 4.07. The maximum Gasteiger partial charge on any atom is 0.162 e. The van der Waals surface area contributed by atoms with Crippen LogP contribution in [0.15, 0.2) is 46.3 Å². The fraction of sp³-hybridized carbons (Fsp3) is 0.182. The first-order valence-electron chi connectivity index (χ1n) is 4.30. The Bertz CT molecular complexity index is 360. The molecular formula is C11H11N2. The summed E-state index contributed by atoms with van der Waals surface area (Å²) < 4.78 is 0. The molecule has 2 nitrogen and oxygen atoms in total. The number of rotatable bonds is 1. The first kappa shape index (κ1) is 8.17. The lowest BCUT2D eigenvalue weighted by atomic mass is 10.1. The zero-order chi connectivity index (χ0) is 9.26. The second-order valence-electron chi connectivity index (χ2n) is 3.24. The smallest absolute Gasteiger partial charge is 0.162 e. The van der Waals surface area contributed by atoms with Crippen molar-refractivity contribution < 1.29 is 0 Å². The molecule has 1 aliphatic rings. The molecule has 0 saturated carbocycles. The molecule has 0 atom stereocenters. The van der Waals surface area contributed by atoms with Crippen LogP contribution in [0.3, 0.4) is 0 Å². The zero-order valence-corrected chi connectivity index (χ0v) is 7.78. The van der Waals surface area contributed by atoms with Gasteiger partial charge in [0, 0.05) is 0 Å². The highest BCUT2D eigenvalue weighted by atomic mass is 15.1. The second-order valence-corrected chi connectivity index (χ2v) is 3.24. The largest absolute Gasteiger partial charge is 0.170 e. The monoisotopic (exact) mass is 171 g/mol. The average Bonchev–Trinajstić information content (AvgIpc) is 2.53. The molecule has 0 saturated heterocycles. The van der Waals surface area contributed by atoms with Crippen LogP contribution < -0.4 is 0 Å². The van der Waals surface area contributed by atoms with Gasteiger partial charge in [0.25, 0.3) is 0 Å². The Morgan fingerprint density at radius 1 is 0.923 bits per heavy atom. The number of allylic oxidation sites excluding steroid dienone is 1. The summed E-state index contributed by atoms with van der Waals surface area (Å²) in [5.41, 5.74) is 3.36. The standard InChI is InChI=1S/C11H11N2/c1-8-3-5-10(6-4-8)11-7-9(2)12-13-11/h3-7H,1-2H3. The highest BCUT2D eigenvalue weighted by molar-refractivity contribution is 5.40. The van der Waals surface area contributed by atoms with Crippen molar-refractivity contribution in [3.8, 4) is 0 Å². The molecule has 65 valence electrons. The Hall–Kier alpha value is -1.44. The van der Waals surface area contributed by atoms with Gasteiger partial charge >= 0.3 is 0 Å². The van der Waals surface area contributed by atoms with Crippen LogP contribution in [0.5, 0.6) is 0 Å². The highest BCUT2D eigenvalue weighted by Crippen LogP contribution is 2.25. The van der Waals surface area contributed by atoms with Gasteiger partial charge in [0.2, 0.25) is 0 Å². The van der Waals surface area contributed by atoms with Crippen molar-refractivity contribution in [3.05, 3.63) is 53.2 Å². The first-order valence-corrected chi connectivity index (χ1v) is 4.30. The molecular weight excluding hydrogens is 160 g/mol. The summed E-state index contributed by atoms with van der Waals surface area (Å²) in [7, 11) is 0. The Kier molecular flexibility index (Phi) is 1.97. The Morgan fingerprint density at radius 3 is 2.15 bits per heavy atom. The lowest BCUT2D eigenvalue weighted by Crippen LogP contribution is -1.88. The van der Waals surface area contributed by atoms with E-state index in [9.17, 15) is 0 Å². The number of nitrogens with zero attached hydrogens (tertiary/aromatic N) is 2. The van der Waals surface area contributed by atoms with E-state index in [2.05, 4.69) is 41.4 Å². The van der Waals surface area contributed by atoms with Crippen LogP contribution in [0.2, 0.25) is 0 Å². The number of azo groups is 1. The molecule has 1 aromatic carbocycles. The molecule has 1 heterocycles. The third kappa shape index (κ3) is 1.66. The number of aryl methyl sites for hydroxylation is 1. The molecule has 0 aromatic heterocycles. The van der Waals surface area contributed by atoms with Gasteiger partial charge in [0.1, 0.15) is 0 Å². The molecule has 13 heavy (non-hydrogen) atoms. The lowest BCUT2D eigenvalue weighted by Gasteiger charge is -2.01. The summed E-state index contributed by atoms with van der Waals surface area (Å²) in [6, 6.07) is 9.26. The normalized spacial score (nSPS) is 16.3. The van der Waals surface area contributed by atoms with E-state index < -0.39 is 0 Å². The van der Waals surface area contributed by atoms with E-state index in [4.69, 9.17) is 0 Å². The third-order valence-corrected chi connectivity index (χ3v) is 2.01. The van der Waals surface area contributed by atoms with Gasteiger partial charge in [-0.15, -0.1) is 0 Å². The summed E-state index contributed by atoms with van der Waals surface area (Å²) in [4.78, 5) is 0. The van der Waals surface area contributed by atoms with Gasteiger partial charge in [0.15, 0.2) is 6.04 Å². The summed E-state index contributed by atoms with van der Waals surface area (Å²) in [5, 5.41) is 8.03. The molecule has 1 radical (unpaired) electrons. The van der Waals surface area contributed by atoms with Gasteiger partial charge in [0.05, 0.1) is 5.70 Å². The molecule has 1 aliphatic heterocycles. The number of hydrogen-bond donors (Lipinski definition) is 0. The van der Waals surface area contributed by atoms with Gasteiger partial charge in [-0.25, -0.2) is 0 Å². The summed E-state index contributed by atoms with van der Waals surface area (Å²) in [6.07, 6.45) is 1.99. The van der Waals surface area contributed by atoms with Crippen molar-refractivity contribution in [3.63, 3.8) is 0 Å². The molecule has 2 rings (SSSR count). The van der Waals surface area contributed by atoms with Crippen LogP contribution in [-0.4, -0.2) is 0 Å². The summed E-state index contributed by atoms with van der Waals surface area (Å²) >= 11 is 0. The molecule has 0 fully saturated rings. The minimum Gasteiger partial charge on any atom is -0.170 e. The van der Waals surface area contributed by atoms with E-state index >= 15 is 0 Å². The van der Waals surface area contributed by atoms with Crippen LogP contribution in [0.1, 0.15) is 18.1 Å². The molecule has 0 amide bonds. The lowest BCUT2D eigenvalue weighted by molar-refractivity contribution is 1.08. The van der Waals surface area contributed by atoms with E-state index in [1.165, 1.54) is 5.56 Å². The van der Waals surface area contributed by atoms with E-state index in [0.717, 1.165) is 17.3 Å². The van der Waals surface area contributed by atoms with Crippen molar-refractivity contribution >= 4 is 0 Å². The van der Waals surface area contributed by atoms with Gasteiger partial charge in [-0.1, -0.05) is 29.8 Å². The van der Waals surface area contributed by atoms with Gasteiger partial charge in [-0.2, -0.15) is 10.2 Å². The van der Waals surface area contributed by atoms with Crippen molar-refractivity contribution in [2.24, 2.45) is 10.2 Å². The zero-order valence-electron chi connectivity index (χ0n) is 7.78. The van der Waals surface area contributed by atoms with E-state index in [1.807, 2.05) is 13.0 Å². The van der Waals surface area contributed by atoms with Crippen molar-refractivity contribution in [1.82, 2.24) is 0 Å². The highest BCUT2D eigenvalue weighted by Gasteiger charge is 2.13. The molecule has 0 N–H and O–H groups in total. The average molecular weight is 171 g/mol. The van der Waals surface area contributed by atoms with Crippen LogP contribution in [0, 0.1) is 13.0 Å². The first-order chi connectivity index (χ1) is 6.25.